The van der Waals surface area contributed by atoms with Crippen LogP contribution in [0.25, 0.3) is 0 Å². The van der Waals surface area contributed by atoms with Crippen molar-refractivity contribution in [3.05, 3.63) is 35.4 Å². The van der Waals surface area contributed by atoms with Crippen molar-refractivity contribution >= 4 is 11.9 Å². The Kier molecular flexibility index (Phi) is 5.99. The molecule has 0 aromatic heterocycles. The van der Waals surface area contributed by atoms with E-state index in [1.54, 1.807) is 20.8 Å². The van der Waals surface area contributed by atoms with Crippen molar-refractivity contribution < 1.29 is 32.6 Å². The van der Waals surface area contributed by atoms with Crippen LogP contribution in [-0.4, -0.2) is 28.7 Å². The quantitative estimate of drug-likeness (QED) is 0.800. The molecule has 2 atom stereocenters. The van der Waals surface area contributed by atoms with E-state index in [4.69, 9.17) is 15.6 Å². The minimum absolute atomic E-state index is 0.172. The van der Waals surface area contributed by atoms with Gasteiger partial charge >= 0.3 is 18.1 Å². The normalized spacial score (nSPS) is 14.8. The zero-order chi connectivity index (χ0) is 18.7. The van der Waals surface area contributed by atoms with Crippen LogP contribution in [0.15, 0.2) is 24.3 Å². The van der Waals surface area contributed by atoms with Gasteiger partial charge < -0.3 is 15.6 Å². The standard InChI is InChI=1S/C16H20F3NO4/c1-15(2,3)24-14(23)13(11(20)8-12(21)22)9-4-6-10(7-5-9)16(17,18)19/h4-7,11,13H,8,20H2,1-3H3,(H,21,22)/t11-,13+/m1/s1. The summed E-state index contributed by atoms with van der Waals surface area (Å²) >= 11 is 0. The Morgan fingerprint density at radius 1 is 1.17 bits per heavy atom. The van der Waals surface area contributed by atoms with E-state index in [1.165, 1.54) is 0 Å². The van der Waals surface area contributed by atoms with E-state index in [0.717, 1.165) is 24.3 Å². The number of hydrogen-bond donors (Lipinski definition) is 2. The monoisotopic (exact) mass is 347 g/mol. The van der Waals surface area contributed by atoms with Gasteiger partial charge in [0.15, 0.2) is 0 Å². The molecule has 3 N–H and O–H groups in total. The second kappa shape index (κ2) is 7.21. The summed E-state index contributed by atoms with van der Waals surface area (Å²) in [6, 6.07) is 2.73. The van der Waals surface area contributed by atoms with Crippen LogP contribution in [0.4, 0.5) is 13.2 Å². The molecule has 0 saturated heterocycles. The van der Waals surface area contributed by atoms with Crippen molar-refractivity contribution in [1.29, 1.82) is 0 Å². The second-order valence-electron chi connectivity index (χ2n) is 6.39. The topological polar surface area (TPSA) is 89.6 Å². The number of rotatable bonds is 5. The maximum atomic E-state index is 12.6. The molecule has 0 spiro atoms. The van der Waals surface area contributed by atoms with Crippen LogP contribution in [0.2, 0.25) is 0 Å². The highest BCUT2D eigenvalue weighted by Crippen LogP contribution is 2.31. The Morgan fingerprint density at radius 3 is 2.04 bits per heavy atom. The molecular formula is C16H20F3NO4. The van der Waals surface area contributed by atoms with E-state index in [-0.39, 0.29) is 5.56 Å². The van der Waals surface area contributed by atoms with Crippen LogP contribution < -0.4 is 5.73 Å². The number of halogens is 3. The average molecular weight is 347 g/mol. The van der Waals surface area contributed by atoms with Gasteiger partial charge in [0.05, 0.1) is 17.9 Å². The molecular weight excluding hydrogens is 327 g/mol. The highest BCUT2D eigenvalue weighted by molar-refractivity contribution is 5.81. The maximum absolute atomic E-state index is 12.6. The van der Waals surface area contributed by atoms with Gasteiger partial charge in [0, 0.05) is 6.04 Å². The van der Waals surface area contributed by atoms with E-state index in [2.05, 4.69) is 0 Å². The summed E-state index contributed by atoms with van der Waals surface area (Å²) in [5, 5.41) is 8.86. The molecule has 0 aliphatic rings. The molecule has 8 heteroatoms. The second-order valence-corrected chi connectivity index (χ2v) is 6.39. The number of benzene rings is 1. The van der Waals surface area contributed by atoms with E-state index in [9.17, 15) is 22.8 Å². The highest BCUT2D eigenvalue weighted by Gasteiger charge is 2.34. The first-order chi connectivity index (χ1) is 10.8. The Bertz CT molecular complexity index is 591. The number of carboxylic acid groups (broad SMARTS) is 1. The molecule has 0 aliphatic heterocycles. The molecule has 24 heavy (non-hydrogen) atoms. The first-order valence-corrected chi connectivity index (χ1v) is 7.18. The number of ether oxygens (including phenoxy) is 1. The van der Waals surface area contributed by atoms with Crippen LogP contribution in [0.1, 0.15) is 44.2 Å². The molecule has 1 rings (SSSR count). The number of esters is 1. The fraction of sp³-hybridized carbons (Fsp3) is 0.500. The van der Waals surface area contributed by atoms with Crippen LogP contribution >= 0.6 is 0 Å². The molecule has 0 radical (unpaired) electrons. The van der Waals surface area contributed by atoms with Crippen molar-refractivity contribution in [3.63, 3.8) is 0 Å². The molecule has 0 saturated carbocycles. The summed E-state index contributed by atoms with van der Waals surface area (Å²) in [7, 11) is 0. The van der Waals surface area contributed by atoms with Crippen molar-refractivity contribution in [3.8, 4) is 0 Å². The third kappa shape index (κ3) is 5.84. The molecule has 0 aliphatic carbocycles. The zero-order valence-corrected chi connectivity index (χ0v) is 13.6. The minimum atomic E-state index is -4.51. The highest BCUT2D eigenvalue weighted by atomic mass is 19.4. The fourth-order valence-corrected chi connectivity index (χ4v) is 2.12. The number of carbonyl (C=O) groups excluding carboxylic acids is 1. The number of carbonyl (C=O) groups is 2. The molecule has 0 amide bonds. The maximum Gasteiger partial charge on any atom is 0.416 e. The summed E-state index contributed by atoms with van der Waals surface area (Å²) in [4.78, 5) is 23.2. The Morgan fingerprint density at radius 2 is 1.67 bits per heavy atom. The minimum Gasteiger partial charge on any atom is -0.481 e. The molecule has 0 fully saturated rings. The smallest absolute Gasteiger partial charge is 0.416 e. The summed E-state index contributed by atoms with van der Waals surface area (Å²) in [6.45, 7) is 4.87. The van der Waals surface area contributed by atoms with E-state index in [1.807, 2.05) is 0 Å². The molecule has 134 valence electrons. The van der Waals surface area contributed by atoms with Crippen molar-refractivity contribution in [2.45, 2.75) is 50.9 Å². The van der Waals surface area contributed by atoms with E-state index < -0.39 is 47.7 Å². The number of carboxylic acids is 1. The van der Waals surface area contributed by atoms with Gasteiger partial charge in [0.25, 0.3) is 0 Å². The van der Waals surface area contributed by atoms with E-state index in [0.29, 0.717) is 0 Å². The average Bonchev–Trinajstić information content (AvgIpc) is 2.35. The largest absolute Gasteiger partial charge is 0.481 e. The van der Waals surface area contributed by atoms with Crippen LogP contribution in [-0.2, 0) is 20.5 Å². The molecule has 0 bridgehead atoms. The summed E-state index contributed by atoms with van der Waals surface area (Å²) in [5.41, 5.74) is 4.25. The van der Waals surface area contributed by atoms with Crippen molar-refractivity contribution in [2.75, 3.05) is 0 Å². The lowest BCUT2D eigenvalue weighted by Gasteiger charge is -2.27. The van der Waals surface area contributed by atoms with Gasteiger partial charge in [-0.1, -0.05) is 12.1 Å². The summed E-state index contributed by atoms with van der Waals surface area (Å²) in [5.74, 6) is -3.18. The van der Waals surface area contributed by atoms with Gasteiger partial charge in [-0.15, -0.1) is 0 Å². The van der Waals surface area contributed by atoms with Crippen LogP contribution in [0, 0.1) is 0 Å². The van der Waals surface area contributed by atoms with Crippen LogP contribution in [0.3, 0.4) is 0 Å². The SMILES string of the molecule is CC(C)(C)OC(=O)[C@@H](c1ccc(C(F)(F)F)cc1)[C@H](N)CC(=O)O. The fourth-order valence-electron chi connectivity index (χ4n) is 2.12. The lowest BCUT2D eigenvalue weighted by Crippen LogP contribution is -2.39. The Hall–Kier alpha value is -2.09. The van der Waals surface area contributed by atoms with Gasteiger partial charge in [-0.3, -0.25) is 9.59 Å². The van der Waals surface area contributed by atoms with Gasteiger partial charge in [-0.05, 0) is 38.5 Å². The lowest BCUT2D eigenvalue weighted by atomic mass is 9.89. The van der Waals surface area contributed by atoms with Crippen LogP contribution in [0.5, 0.6) is 0 Å². The third-order valence-electron chi connectivity index (χ3n) is 3.10. The molecule has 0 unspecified atom stereocenters. The molecule has 0 heterocycles. The first-order valence-electron chi connectivity index (χ1n) is 7.18. The molecule has 1 aromatic carbocycles. The zero-order valence-electron chi connectivity index (χ0n) is 13.6. The lowest BCUT2D eigenvalue weighted by molar-refractivity contribution is -0.157. The predicted octanol–water partition coefficient (Wildman–Crippen LogP) is 2.93. The Labute approximate surface area is 137 Å². The number of aliphatic carboxylic acids is 1. The first kappa shape index (κ1) is 20.0. The third-order valence-corrected chi connectivity index (χ3v) is 3.10. The summed E-state index contributed by atoms with van der Waals surface area (Å²) < 4.78 is 43.1. The number of nitrogens with two attached hydrogens (primary N) is 1. The van der Waals surface area contributed by atoms with Crippen molar-refractivity contribution in [1.82, 2.24) is 0 Å². The summed E-state index contributed by atoms with van der Waals surface area (Å²) in [6.07, 6.45) is -5.03. The van der Waals surface area contributed by atoms with E-state index >= 15 is 0 Å². The Balaban J connectivity index is 3.17. The van der Waals surface area contributed by atoms with Gasteiger partial charge in [0.2, 0.25) is 0 Å². The molecule has 5 nitrogen and oxygen atoms in total. The number of hydrogen-bond acceptors (Lipinski definition) is 4. The van der Waals surface area contributed by atoms with Gasteiger partial charge in [-0.2, -0.15) is 13.2 Å². The van der Waals surface area contributed by atoms with Gasteiger partial charge in [0.1, 0.15) is 5.60 Å². The molecule has 1 aromatic rings. The van der Waals surface area contributed by atoms with Gasteiger partial charge in [-0.25, -0.2) is 0 Å². The number of alkyl halides is 3. The predicted molar refractivity (Wildman–Crippen MR) is 80.3 cm³/mol. The van der Waals surface area contributed by atoms with Crippen molar-refractivity contribution in [2.24, 2.45) is 5.73 Å².